The fourth-order valence-electron chi connectivity index (χ4n) is 0.476. The first-order chi connectivity index (χ1) is 5.88. The number of methoxy groups -OCH3 is 1. The molecule has 1 heterocycles. The van der Waals surface area contributed by atoms with E-state index in [0.717, 1.165) is 0 Å². The maximum absolute atomic E-state index is 6.88. The topological polar surface area (TPSA) is 22.1 Å². The van der Waals surface area contributed by atoms with Gasteiger partial charge >= 0.3 is 0 Å². The molecule has 0 saturated carbocycles. The number of ether oxygens (including phenoxy) is 1. The fraction of sp³-hybridized carbons (Fsp3) is 0.167. The van der Waals surface area contributed by atoms with Gasteiger partial charge in [0.15, 0.2) is 5.75 Å². The molecule has 0 aromatic carbocycles. The maximum Gasteiger partial charge on any atom is 0.152 e. The molecule has 0 N–H and O–H groups in total. The molecule has 0 unspecified atom stereocenters. The van der Waals surface area contributed by atoms with Crippen molar-refractivity contribution < 1.29 is 8.85 Å². The molecule has 0 fully saturated rings. The minimum atomic E-state index is -2.45. The van der Waals surface area contributed by atoms with E-state index < -0.39 is 7.04 Å². The first kappa shape index (κ1) is 4.72. The number of nitrogens with zero attached hydrogens (tertiary/aromatic N) is 1. The molecular weight excluding hydrogens is 262 g/mol. The Labute approximate surface area is 80.1 Å². The van der Waals surface area contributed by atoms with Crippen molar-refractivity contribution in [3.63, 3.8) is 0 Å². The lowest BCUT2D eigenvalue weighted by molar-refractivity contribution is 0.409. The quantitative estimate of drug-likeness (QED) is 0.732. The van der Waals surface area contributed by atoms with Gasteiger partial charge in [-0.3, -0.25) is 0 Å². The second-order valence-electron chi connectivity index (χ2n) is 1.54. The van der Waals surface area contributed by atoms with E-state index in [9.17, 15) is 0 Å². The van der Waals surface area contributed by atoms with E-state index in [0.29, 0.717) is 9.08 Å². The smallest absolute Gasteiger partial charge is 0.152 e. The van der Waals surface area contributed by atoms with E-state index in [1.807, 2.05) is 0 Å². The summed E-state index contributed by atoms with van der Waals surface area (Å²) in [6, 6.07) is 1.53. The number of halogens is 2. The monoisotopic (exact) mass is 268 g/mol. The lowest BCUT2D eigenvalue weighted by Gasteiger charge is -2.00. The summed E-state index contributed by atoms with van der Waals surface area (Å²) in [4.78, 5) is 3.86. The molecule has 0 aliphatic rings. The maximum atomic E-state index is 6.88. The van der Waals surface area contributed by atoms with Crippen LogP contribution in [0.15, 0.2) is 21.3 Å². The zero-order chi connectivity index (χ0) is 10.1. The van der Waals surface area contributed by atoms with Crippen molar-refractivity contribution in [3.05, 3.63) is 21.3 Å². The van der Waals surface area contributed by atoms with Gasteiger partial charge in [0, 0.05) is 10.7 Å². The second kappa shape index (κ2) is 3.34. The van der Waals surface area contributed by atoms with Crippen LogP contribution in [0.3, 0.4) is 0 Å². The lowest BCUT2D eigenvalue weighted by atomic mass is 10.5. The Kier molecular flexibility index (Phi) is 1.58. The van der Waals surface area contributed by atoms with Gasteiger partial charge in [0.05, 0.1) is 11.2 Å². The van der Waals surface area contributed by atoms with Crippen LogP contribution in [0.4, 0.5) is 0 Å². The summed E-state index contributed by atoms with van der Waals surface area (Å²) < 4.78 is 26.4. The van der Waals surface area contributed by atoms with E-state index >= 15 is 0 Å². The van der Waals surface area contributed by atoms with Crippen LogP contribution >= 0.6 is 31.9 Å². The normalized spacial score (nSPS) is 15.2. The highest BCUT2D eigenvalue weighted by Crippen LogP contribution is 2.24. The number of hydrogen-bond acceptors (Lipinski definition) is 2. The molecule has 54 valence electrons. The van der Waals surface area contributed by atoms with E-state index in [1.54, 1.807) is 0 Å². The average molecular weight is 270 g/mol. The van der Waals surface area contributed by atoms with Gasteiger partial charge in [0.2, 0.25) is 0 Å². The largest absolute Gasteiger partial charge is 0.494 e. The van der Waals surface area contributed by atoms with Gasteiger partial charge in [-0.15, -0.1) is 0 Å². The van der Waals surface area contributed by atoms with Crippen LogP contribution in [0, 0.1) is 0 Å². The van der Waals surface area contributed by atoms with Crippen molar-refractivity contribution in [1.82, 2.24) is 4.98 Å². The standard InChI is InChI=1S/C6H5Br2NO/c1-10-5-2-4(7)3-9-6(5)8/h2-3H,1H3/i1D3. The molecule has 0 saturated heterocycles. The minimum Gasteiger partial charge on any atom is -0.494 e. The third-order valence-corrected chi connectivity index (χ3v) is 1.91. The third-order valence-electron chi connectivity index (χ3n) is 0.883. The summed E-state index contributed by atoms with van der Waals surface area (Å²) >= 11 is 6.23. The van der Waals surface area contributed by atoms with Crippen molar-refractivity contribution in [2.24, 2.45) is 0 Å². The Hall–Kier alpha value is -0.0900. The van der Waals surface area contributed by atoms with Crippen LogP contribution in [0.25, 0.3) is 0 Å². The molecule has 10 heavy (non-hydrogen) atoms. The highest BCUT2D eigenvalue weighted by atomic mass is 79.9. The van der Waals surface area contributed by atoms with Crippen LogP contribution < -0.4 is 4.74 Å². The fourth-order valence-corrected chi connectivity index (χ4v) is 1.08. The minimum absolute atomic E-state index is 0.189. The van der Waals surface area contributed by atoms with E-state index in [4.69, 9.17) is 4.11 Å². The van der Waals surface area contributed by atoms with Gasteiger partial charge in [0.25, 0.3) is 0 Å². The number of hydrogen-bond donors (Lipinski definition) is 0. The number of aromatic nitrogens is 1. The summed E-state index contributed by atoms with van der Waals surface area (Å²) in [6.07, 6.45) is 1.54. The Balaban J connectivity index is 2.94. The number of pyridine rings is 1. The predicted octanol–water partition coefficient (Wildman–Crippen LogP) is 2.62. The molecule has 2 nitrogen and oxygen atoms in total. The molecule has 0 aliphatic heterocycles. The zero-order valence-corrected chi connectivity index (χ0v) is 7.94. The van der Waals surface area contributed by atoms with Gasteiger partial charge < -0.3 is 4.74 Å². The summed E-state index contributed by atoms with van der Waals surface area (Å²) in [7, 11) is -2.45. The highest BCUT2D eigenvalue weighted by molar-refractivity contribution is 9.11. The Morgan fingerprint density at radius 3 is 3.20 bits per heavy atom. The van der Waals surface area contributed by atoms with E-state index in [2.05, 4.69) is 41.6 Å². The Bertz CT molecular complexity index is 315. The molecule has 4 heteroatoms. The second-order valence-corrected chi connectivity index (χ2v) is 3.21. The summed E-state index contributed by atoms with van der Waals surface area (Å²) in [5.41, 5.74) is 0. The molecule has 0 spiro atoms. The molecule has 1 aromatic rings. The Morgan fingerprint density at radius 2 is 2.50 bits per heavy atom. The summed E-state index contributed by atoms with van der Waals surface area (Å²) in [5, 5.41) is 0. The van der Waals surface area contributed by atoms with E-state index in [1.165, 1.54) is 12.3 Å². The van der Waals surface area contributed by atoms with Crippen molar-refractivity contribution in [2.45, 2.75) is 0 Å². The molecular formula is C6H5Br2NO. The summed E-state index contributed by atoms with van der Waals surface area (Å²) in [5.74, 6) is 0.189. The SMILES string of the molecule is [2H]C([2H])([2H])Oc1cc(Br)cnc1Br. The first-order valence-electron chi connectivity index (χ1n) is 3.88. The molecule has 1 rings (SSSR count). The molecule has 0 amide bonds. The van der Waals surface area contributed by atoms with Gasteiger partial charge in [-0.2, -0.15) is 0 Å². The molecule has 1 aromatic heterocycles. The van der Waals surface area contributed by atoms with Crippen LogP contribution in [-0.2, 0) is 0 Å². The first-order valence-corrected chi connectivity index (χ1v) is 3.97. The highest BCUT2D eigenvalue weighted by Gasteiger charge is 1.99. The third kappa shape index (κ3) is 1.70. The van der Waals surface area contributed by atoms with Crippen molar-refractivity contribution >= 4 is 31.9 Å². The van der Waals surface area contributed by atoms with Crippen molar-refractivity contribution in [3.8, 4) is 5.75 Å². The average Bonchev–Trinajstić information content (AvgIpc) is 1.94. The molecule has 0 radical (unpaired) electrons. The summed E-state index contributed by atoms with van der Waals surface area (Å²) in [6.45, 7) is 0. The van der Waals surface area contributed by atoms with Gasteiger partial charge in [-0.05, 0) is 37.9 Å². The Morgan fingerprint density at radius 1 is 1.70 bits per heavy atom. The number of rotatable bonds is 1. The molecule has 0 aliphatic carbocycles. The van der Waals surface area contributed by atoms with Crippen molar-refractivity contribution in [1.29, 1.82) is 0 Å². The molecule has 0 bridgehead atoms. The van der Waals surface area contributed by atoms with Crippen LogP contribution in [-0.4, -0.2) is 12.0 Å². The lowest BCUT2D eigenvalue weighted by Crippen LogP contribution is -1.85. The van der Waals surface area contributed by atoms with Crippen LogP contribution in [0.2, 0.25) is 0 Å². The van der Waals surface area contributed by atoms with Gasteiger partial charge in [-0.1, -0.05) is 0 Å². The van der Waals surface area contributed by atoms with Gasteiger partial charge in [-0.25, -0.2) is 4.98 Å². The zero-order valence-electron chi connectivity index (χ0n) is 7.77. The van der Waals surface area contributed by atoms with Crippen molar-refractivity contribution in [2.75, 3.05) is 7.04 Å². The predicted molar refractivity (Wildman–Crippen MR) is 46.2 cm³/mol. The molecule has 0 atom stereocenters. The van der Waals surface area contributed by atoms with Crippen LogP contribution in [0.1, 0.15) is 4.11 Å². The van der Waals surface area contributed by atoms with Crippen LogP contribution in [0.5, 0.6) is 5.75 Å². The van der Waals surface area contributed by atoms with Gasteiger partial charge in [0.1, 0.15) is 4.60 Å². The van der Waals surface area contributed by atoms with E-state index in [-0.39, 0.29) is 5.75 Å².